The maximum atomic E-state index is 12.7. The fraction of sp³-hybridized carbons (Fsp3) is 0.160. The van der Waals surface area contributed by atoms with Gasteiger partial charge in [-0.3, -0.25) is 19.5 Å². The number of nitrogens with one attached hydrogen (secondary N) is 1. The fourth-order valence-electron chi connectivity index (χ4n) is 3.43. The van der Waals surface area contributed by atoms with Crippen molar-refractivity contribution in [1.29, 1.82) is 0 Å². The van der Waals surface area contributed by atoms with Crippen LogP contribution in [0.1, 0.15) is 18.9 Å². The van der Waals surface area contributed by atoms with Crippen LogP contribution >= 0.6 is 23.4 Å². The van der Waals surface area contributed by atoms with Crippen molar-refractivity contribution in [3.05, 3.63) is 93.8 Å². The number of aromatic nitrogens is 3. The lowest BCUT2D eigenvalue weighted by atomic mass is 10.3. The van der Waals surface area contributed by atoms with Crippen LogP contribution in [0.25, 0.3) is 5.69 Å². The van der Waals surface area contributed by atoms with Crippen molar-refractivity contribution in [2.75, 3.05) is 18.2 Å². The summed E-state index contributed by atoms with van der Waals surface area (Å²) >= 11 is 7.26. The van der Waals surface area contributed by atoms with E-state index in [1.807, 2.05) is 60.0 Å². The Morgan fingerprint density at radius 1 is 1.11 bits per heavy atom. The van der Waals surface area contributed by atoms with Gasteiger partial charge in [-0.05, 0) is 37.3 Å². The molecular weight excluding hydrogens is 518 g/mol. The van der Waals surface area contributed by atoms with Gasteiger partial charge in [0.2, 0.25) is 5.91 Å². The van der Waals surface area contributed by atoms with E-state index in [-0.39, 0.29) is 22.2 Å². The SMILES string of the molecule is COc1cccc(OC(C)c2nnc(SCC(=O)Nc3cc([N+](=O)[O-])ccc3Cl)n2-c2ccccc2)c1. The summed E-state index contributed by atoms with van der Waals surface area (Å²) < 4.78 is 13.2. The van der Waals surface area contributed by atoms with Crippen LogP contribution in [0.15, 0.2) is 78.0 Å². The fourth-order valence-corrected chi connectivity index (χ4v) is 4.35. The Labute approximate surface area is 221 Å². The summed E-state index contributed by atoms with van der Waals surface area (Å²) in [5.41, 5.74) is 0.783. The standard InChI is InChI=1S/C25H22ClN5O5S/c1-16(36-20-10-6-9-19(14-20)35-2)24-28-29-25(30(24)17-7-4-3-5-8-17)37-15-23(32)27-22-13-18(31(33)34)11-12-21(22)26/h3-14,16H,15H2,1-2H3,(H,27,32). The van der Waals surface area contributed by atoms with Crippen molar-refractivity contribution in [1.82, 2.24) is 14.8 Å². The van der Waals surface area contributed by atoms with Crippen LogP contribution in [0, 0.1) is 10.1 Å². The second kappa shape index (κ2) is 11.8. The molecule has 0 aliphatic rings. The molecule has 0 fully saturated rings. The molecule has 0 radical (unpaired) electrons. The minimum Gasteiger partial charge on any atom is -0.497 e. The topological polar surface area (TPSA) is 121 Å². The molecule has 37 heavy (non-hydrogen) atoms. The Balaban J connectivity index is 1.54. The monoisotopic (exact) mass is 539 g/mol. The molecule has 1 atom stereocenters. The third kappa shape index (κ3) is 6.38. The van der Waals surface area contributed by atoms with Gasteiger partial charge in [-0.15, -0.1) is 10.2 Å². The number of hydrogen-bond donors (Lipinski definition) is 1. The van der Waals surface area contributed by atoms with E-state index < -0.39 is 16.9 Å². The van der Waals surface area contributed by atoms with E-state index in [4.69, 9.17) is 21.1 Å². The number of halogens is 1. The highest BCUT2D eigenvalue weighted by Gasteiger charge is 2.22. The molecule has 190 valence electrons. The van der Waals surface area contributed by atoms with Crippen LogP contribution < -0.4 is 14.8 Å². The minimum absolute atomic E-state index is 0.0326. The number of non-ortho nitro benzene ring substituents is 1. The van der Waals surface area contributed by atoms with Gasteiger partial charge in [-0.25, -0.2) is 0 Å². The number of amides is 1. The van der Waals surface area contributed by atoms with Crippen molar-refractivity contribution in [2.24, 2.45) is 0 Å². The lowest BCUT2D eigenvalue weighted by Gasteiger charge is -2.17. The third-order valence-electron chi connectivity index (χ3n) is 5.16. The van der Waals surface area contributed by atoms with Crippen molar-refractivity contribution in [2.45, 2.75) is 18.2 Å². The number of methoxy groups -OCH3 is 1. The Morgan fingerprint density at radius 3 is 2.59 bits per heavy atom. The number of thioether (sulfide) groups is 1. The van der Waals surface area contributed by atoms with Gasteiger partial charge < -0.3 is 14.8 Å². The summed E-state index contributed by atoms with van der Waals surface area (Å²) in [5.74, 6) is 1.38. The van der Waals surface area contributed by atoms with Crippen molar-refractivity contribution < 1.29 is 19.2 Å². The number of rotatable bonds is 10. The Hall–Kier alpha value is -4.09. The summed E-state index contributed by atoms with van der Waals surface area (Å²) in [6, 6.07) is 20.6. The quantitative estimate of drug-likeness (QED) is 0.154. The molecule has 0 aliphatic carbocycles. The number of para-hydroxylation sites is 1. The van der Waals surface area contributed by atoms with Crippen LogP contribution in [-0.2, 0) is 4.79 Å². The van der Waals surface area contributed by atoms with E-state index in [0.717, 1.165) is 17.4 Å². The van der Waals surface area contributed by atoms with Crippen LogP contribution in [0.2, 0.25) is 5.02 Å². The summed E-state index contributed by atoms with van der Waals surface area (Å²) in [5, 5.41) is 23.0. The van der Waals surface area contributed by atoms with E-state index in [1.54, 1.807) is 13.2 Å². The maximum absolute atomic E-state index is 12.7. The molecule has 0 bridgehead atoms. The molecule has 1 unspecified atom stereocenters. The molecule has 4 rings (SSSR count). The van der Waals surface area contributed by atoms with Crippen LogP contribution in [0.5, 0.6) is 11.5 Å². The first kappa shape index (κ1) is 26.0. The highest BCUT2D eigenvalue weighted by atomic mass is 35.5. The summed E-state index contributed by atoms with van der Waals surface area (Å²) in [7, 11) is 1.58. The van der Waals surface area contributed by atoms with Gasteiger partial charge in [-0.1, -0.05) is 47.6 Å². The van der Waals surface area contributed by atoms with Crippen molar-refractivity contribution in [3.8, 4) is 17.2 Å². The highest BCUT2D eigenvalue weighted by Crippen LogP contribution is 2.30. The molecule has 0 aliphatic heterocycles. The zero-order chi connectivity index (χ0) is 26.4. The van der Waals surface area contributed by atoms with Crippen LogP contribution in [0.3, 0.4) is 0 Å². The molecular formula is C25H22ClN5O5S. The number of nitro groups is 1. The van der Waals surface area contributed by atoms with Gasteiger partial charge in [0.1, 0.15) is 11.5 Å². The van der Waals surface area contributed by atoms with E-state index in [1.165, 1.54) is 18.2 Å². The number of carbonyl (C=O) groups is 1. The smallest absolute Gasteiger partial charge is 0.271 e. The first-order valence-corrected chi connectivity index (χ1v) is 12.4. The van der Waals surface area contributed by atoms with Crippen LogP contribution in [0.4, 0.5) is 11.4 Å². The molecule has 4 aromatic rings. The molecule has 3 aromatic carbocycles. The first-order valence-electron chi connectivity index (χ1n) is 11.0. The van der Waals surface area contributed by atoms with Gasteiger partial charge in [-0.2, -0.15) is 0 Å². The average Bonchev–Trinajstić information content (AvgIpc) is 3.33. The van der Waals surface area contributed by atoms with Gasteiger partial charge in [0, 0.05) is 23.9 Å². The van der Waals surface area contributed by atoms with Crippen molar-refractivity contribution in [3.63, 3.8) is 0 Å². The molecule has 1 heterocycles. The largest absolute Gasteiger partial charge is 0.497 e. The first-order chi connectivity index (χ1) is 17.9. The second-order valence-electron chi connectivity index (χ2n) is 7.71. The van der Waals surface area contributed by atoms with Gasteiger partial charge >= 0.3 is 0 Å². The number of nitrogens with zero attached hydrogens (tertiary/aromatic N) is 4. The maximum Gasteiger partial charge on any atom is 0.271 e. The molecule has 1 aromatic heterocycles. The molecule has 0 saturated heterocycles. The zero-order valence-electron chi connectivity index (χ0n) is 19.8. The van der Waals surface area contributed by atoms with Gasteiger partial charge in [0.05, 0.1) is 28.5 Å². The molecule has 12 heteroatoms. The third-order valence-corrected chi connectivity index (χ3v) is 6.42. The summed E-state index contributed by atoms with van der Waals surface area (Å²) in [6.45, 7) is 1.86. The lowest BCUT2D eigenvalue weighted by Crippen LogP contribution is -2.15. The van der Waals surface area contributed by atoms with E-state index in [9.17, 15) is 14.9 Å². The number of anilines is 1. The average molecular weight is 540 g/mol. The number of carbonyl (C=O) groups excluding carboxylic acids is 1. The number of benzene rings is 3. The molecule has 0 spiro atoms. The van der Waals surface area contributed by atoms with E-state index in [0.29, 0.717) is 22.5 Å². The number of ether oxygens (including phenoxy) is 2. The highest BCUT2D eigenvalue weighted by molar-refractivity contribution is 7.99. The van der Waals surface area contributed by atoms with E-state index in [2.05, 4.69) is 15.5 Å². The molecule has 10 nitrogen and oxygen atoms in total. The zero-order valence-corrected chi connectivity index (χ0v) is 21.4. The lowest BCUT2D eigenvalue weighted by molar-refractivity contribution is -0.384. The number of nitro benzene ring substituents is 1. The van der Waals surface area contributed by atoms with Crippen molar-refractivity contribution >= 4 is 40.6 Å². The molecule has 1 N–H and O–H groups in total. The number of hydrogen-bond acceptors (Lipinski definition) is 8. The summed E-state index contributed by atoms with van der Waals surface area (Å²) in [4.78, 5) is 23.1. The predicted molar refractivity (Wildman–Crippen MR) is 141 cm³/mol. The predicted octanol–water partition coefficient (Wildman–Crippen LogP) is 5.71. The van der Waals surface area contributed by atoms with Gasteiger partial charge in [0.25, 0.3) is 5.69 Å². The minimum atomic E-state index is -0.556. The van der Waals surface area contributed by atoms with E-state index >= 15 is 0 Å². The van der Waals surface area contributed by atoms with Gasteiger partial charge in [0.15, 0.2) is 17.1 Å². The second-order valence-corrected chi connectivity index (χ2v) is 9.06. The Kier molecular flexibility index (Phi) is 8.26. The normalized spacial score (nSPS) is 11.5. The Morgan fingerprint density at radius 2 is 1.86 bits per heavy atom. The molecule has 1 amide bonds. The molecule has 0 saturated carbocycles. The summed E-state index contributed by atoms with van der Waals surface area (Å²) in [6.07, 6.45) is -0.480. The Bertz CT molecular complexity index is 1420. The van der Waals surface area contributed by atoms with Crippen LogP contribution in [-0.4, -0.2) is 38.5 Å².